The molecule has 0 unspecified atom stereocenters. The van der Waals surface area contributed by atoms with Crippen molar-refractivity contribution in [1.29, 1.82) is 0 Å². The molecule has 1 atom stereocenters. The van der Waals surface area contributed by atoms with Gasteiger partial charge in [-0.15, -0.1) is 6.58 Å². The van der Waals surface area contributed by atoms with Crippen LogP contribution in [0.15, 0.2) is 24.8 Å². The molecule has 1 nitrogen and oxygen atoms in total. The lowest BCUT2D eigenvalue weighted by molar-refractivity contribution is 0.121. The molecule has 0 fully saturated rings. The van der Waals surface area contributed by atoms with Gasteiger partial charge in [-0.3, -0.25) is 0 Å². The molecule has 15 heavy (non-hydrogen) atoms. The second-order valence-corrected chi connectivity index (χ2v) is 11.1. The van der Waals surface area contributed by atoms with Crippen molar-refractivity contribution in [3.05, 3.63) is 24.8 Å². The molecule has 0 radical (unpaired) electrons. The fourth-order valence-electron chi connectivity index (χ4n) is 1.32. The summed E-state index contributed by atoms with van der Waals surface area (Å²) in [6.07, 6.45) is 6.54. The average molecular weight is 226 g/mol. The summed E-state index contributed by atoms with van der Waals surface area (Å²) < 4.78 is 5.75. The zero-order valence-corrected chi connectivity index (χ0v) is 11.9. The molecule has 0 bridgehead atoms. The van der Waals surface area contributed by atoms with E-state index >= 15 is 0 Å². The van der Waals surface area contributed by atoms with Crippen LogP contribution in [0.4, 0.5) is 0 Å². The molecule has 0 N–H and O–H groups in total. The average Bonchev–Trinajstić information content (AvgIpc) is 2.07. The lowest BCUT2D eigenvalue weighted by Gasteiger charge is -2.22. The number of allylic oxidation sites excluding steroid dienone is 1. The lowest BCUT2D eigenvalue weighted by Crippen LogP contribution is -2.27. The molecule has 0 heterocycles. The molecule has 0 aromatic heterocycles. The van der Waals surface area contributed by atoms with Crippen LogP contribution in [-0.2, 0) is 4.74 Å². The van der Waals surface area contributed by atoms with Crippen LogP contribution in [0.5, 0.6) is 0 Å². The molecule has 0 aliphatic carbocycles. The van der Waals surface area contributed by atoms with Crippen molar-refractivity contribution >= 4 is 8.07 Å². The quantitative estimate of drug-likeness (QED) is 0.469. The highest BCUT2D eigenvalue weighted by Crippen LogP contribution is 2.16. The molecule has 0 aromatic rings. The summed E-state index contributed by atoms with van der Waals surface area (Å²) in [5.41, 5.74) is 0. The van der Waals surface area contributed by atoms with Crippen LogP contribution < -0.4 is 0 Å². The van der Waals surface area contributed by atoms with Gasteiger partial charge in [0.15, 0.2) is 0 Å². The summed E-state index contributed by atoms with van der Waals surface area (Å²) in [7, 11) is -1.05. The van der Waals surface area contributed by atoms with Crippen molar-refractivity contribution in [3.8, 4) is 0 Å². The molecule has 0 rings (SSSR count). The van der Waals surface area contributed by atoms with E-state index in [9.17, 15) is 0 Å². The maximum Gasteiger partial charge on any atom is 0.0736 e. The molecule has 0 saturated heterocycles. The van der Waals surface area contributed by atoms with Crippen molar-refractivity contribution in [1.82, 2.24) is 0 Å². The summed E-state index contributed by atoms with van der Waals surface area (Å²) in [6, 6.07) is 1.18. The van der Waals surface area contributed by atoms with Crippen LogP contribution in [0, 0.1) is 5.92 Å². The molecule has 2 heteroatoms. The van der Waals surface area contributed by atoms with Crippen molar-refractivity contribution in [2.45, 2.75) is 45.6 Å². The number of ether oxygens (including phenoxy) is 1. The first kappa shape index (κ1) is 14.7. The normalized spacial score (nSPS) is 14.8. The first-order valence-corrected chi connectivity index (χ1v) is 9.46. The second kappa shape index (κ2) is 7.02. The van der Waals surface area contributed by atoms with E-state index in [1.165, 1.54) is 6.04 Å². The fourth-order valence-corrected chi connectivity index (χ4v) is 2.78. The van der Waals surface area contributed by atoms with Crippen molar-refractivity contribution in [3.63, 3.8) is 0 Å². The van der Waals surface area contributed by atoms with Gasteiger partial charge in [-0.1, -0.05) is 51.7 Å². The minimum Gasteiger partial charge on any atom is -0.370 e. The molecule has 0 spiro atoms. The van der Waals surface area contributed by atoms with Crippen LogP contribution >= 0.6 is 0 Å². The van der Waals surface area contributed by atoms with Gasteiger partial charge in [0.25, 0.3) is 0 Å². The van der Waals surface area contributed by atoms with E-state index < -0.39 is 8.07 Å². The van der Waals surface area contributed by atoms with Crippen LogP contribution in [0.3, 0.4) is 0 Å². The molecule has 0 aromatic carbocycles. The van der Waals surface area contributed by atoms with Crippen molar-refractivity contribution < 1.29 is 4.74 Å². The van der Waals surface area contributed by atoms with Gasteiger partial charge < -0.3 is 4.74 Å². The Hall–Kier alpha value is -0.343. The van der Waals surface area contributed by atoms with Gasteiger partial charge in [0.1, 0.15) is 0 Å². The summed E-state index contributed by atoms with van der Waals surface area (Å²) in [5.74, 6) is 0.599. The highest BCUT2D eigenvalue weighted by atomic mass is 28.3. The van der Waals surface area contributed by atoms with Crippen molar-refractivity contribution in [2.75, 3.05) is 6.61 Å². The summed E-state index contributed by atoms with van der Waals surface area (Å²) in [6.45, 7) is 15.8. The Morgan fingerprint density at radius 2 is 1.80 bits per heavy atom. The zero-order chi connectivity index (χ0) is 11.9. The molecule has 0 aliphatic rings. The van der Waals surface area contributed by atoms with Crippen LogP contribution in [-0.4, -0.2) is 20.8 Å². The van der Waals surface area contributed by atoms with Gasteiger partial charge in [0.2, 0.25) is 0 Å². The Balaban J connectivity index is 4.24. The van der Waals surface area contributed by atoms with E-state index in [-0.39, 0.29) is 6.10 Å². The Morgan fingerprint density at radius 1 is 1.20 bits per heavy atom. The van der Waals surface area contributed by atoms with Gasteiger partial charge in [0.05, 0.1) is 12.7 Å². The van der Waals surface area contributed by atoms with Crippen molar-refractivity contribution in [2.24, 2.45) is 5.92 Å². The van der Waals surface area contributed by atoms with Gasteiger partial charge >= 0.3 is 0 Å². The minimum atomic E-state index is -1.05. The van der Waals surface area contributed by atoms with Crippen LogP contribution in [0.25, 0.3) is 0 Å². The molecular weight excluding hydrogens is 200 g/mol. The first-order valence-electron chi connectivity index (χ1n) is 5.76. The Bertz CT molecular complexity index is 201. The standard InChI is InChI=1S/C13H26OSi/c1-7-10-14-13(9-8-12(2)3)11-15(4,5)6/h7-9,12-13H,1,10-11H2,2-6H3/b9-8+/t13-/m1/s1. The largest absolute Gasteiger partial charge is 0.370 e. The zero-order valence-electron chi connectivity index (χ0n) is 10.9. The van der Waals surface area contributed by atoms with Gasteiger partial charge in [-0.2, -0.15) is 0 Å². The van der Waals surface area contributed by atoms with E-state index in [4.69, 9.17) is 4.74 Å². The minimum absolute atomic E-state index is 0.275. The van der Waals surface area contributed by atoms with Crippen LogP contribution in [0.1, 0.15) is 13.8 Å². The monoisotopic (exact) mass is 226 g/mol. The van der Waals surface area contributed by atoms with E-state index in [2.05, 4.69) is 52.2 Å². The second-order valence-electron chi connectivity index (χ2n) is 5.55. The van der Waals surface area contributed by atoms with E-state index in [1.807, 2.05) is 6.08 Å². The summed E-state index contributed by atoms with van der Waals surface area (Å²) in [5, 5.41) is 0. The predicted molar refractivity (Wildman–Crippen MR) is 72.1 cm³/mol. The third kappa shape index (κ3) is 9.95. The third-order valence-corrected chi connectivity index (χ3v) is 3.58. The third-order valence-electron chi connectivity index (χ3n) is 1.95. The maximum atomic E-state index is 5.75. The number of rotatable bonds is 7. The Kier molecular flexibility index (Phi) is 6.86. The topological polar surface area (TPSA) is 9.23 Å². The maximum absolute atomic E-state index is 5.75. The molecular formula is C13H26OSi. The lowest BCUT2D eigenvalue weighted by atomic mass is 10.2. The molecule has 0 aliphatic heterocycles. The van der Waals surface area contributed by atoms with Gasteiger partial charge in [0, 0.05) is 8.07 Å². The van der Waals surface area contributed by atoms with Gasteiger partial charge in [-0.25, -0.2) is 0 Å². The molecule has 0 amide bonds. The van der Waals surface area contributed by atoms with E-state index in [1.54, 1.807) is 0 Å². The molecule has 0 saturated carbocycles. The highest BCUT2D eigenvalue weighted by Gasteiger charge is 2.18. The van der Waals surface area contributed by atoms with Crippen LogP contribution in [0.2, 0.25) is 25.7 Å². The highest BCUT2D eigenvalue weighted by molar-refractivity contribution is 6.76. The van der Waals surface area contributed by atoms with E-state index in [0.717, 1.165) is 0 Å². The SMILES string of the molecule is C=CCO[C@H](/C=C/C(C)C)C[Si](C)(C)C. The first-order chi connectivity index (χ1) is 6.85. The van der Waals surface area contributed by atoms with E-state index in [0.29, 0.717) is 12.5 Å². The van der Waals surface area contributed by atoms with Gasteiger partial charge in [-0.05, 0) is 12.0 Å². The Morgan fingerprint density at radius 3 is 2.20 bits per heavy atom. The number of hydrogen-bond acceptors (Lipinski definition) is 1. The predicted octanol–water partition coefficient (Wildman–Crippen LogP) is 4.11. The number of hydrogen-bond donors (Lipinski definition) is 0. The fraction of sp³-hybridized carbons (Fsp3) is 0.692. The summed E-state index contributed by atoms with van der Waals surface area (Å²) in [4.78, 5) is 0. The molecule has 88 valence electrons. The summed E-state index contributed by atoms with van der Waals surface area (Å²) >= 11 is 0. The Labute approximate surface area is 96.2 Å². The smallest absolute Gasteiger partial charge is 0.0736 e.